The molecule has 7 nitrogen and oxygen atoms in total. The van der Waals surface area contributed by atoms with Crippen LogP contribution in [0.25, 0.3) is 0 Å². The number of ether oxygens (including phenoxy) is 4. The standard InChI is InChI=1S/C18H20N2O5/c1-22-8-9-23-17-10-13(6-7-19-17)18(21)20-11-14-12-24-15-4-2-3-5-16(15)25-14/h2-7,10,14H,8-9,11-12H2,1H3,(H,20,21)/t14-/m0/s1. The van der Waals surface area contributed by atoms with Crippen molar-refractivity contribution in [2.45, 2.75) is 6.10 Å². The number of carbonyl (C=O) groups excluding carboxylic acids is 1. The van der Waals surface area contributed by atoms with Gasteiger partial charge in [0.1, 0.15) is 19.3 Å². The number of methoxy groups -OCH3 is 1. The van der Waals surface area contributed by atoms with Crippen molar-refractivity contribution in [2.24, 2.45) is 0 Å². The maximum Gasteiger partial charge on any atom is 0.251 e. The van der Waals surface area contributed by atoms with Gasteiger partial charge in [-0.1, -0.05) is 12.1 Å². The van der Waals surface area contributed by atoms with Gasteiger partial charge >= 0.3 is 0 Å². The zero-order valence-electron chi connectivity index (χ0n) is 13.9. The minimum Gasteiger partial charge on any atom is -0.486 e. The molecule has 0 saturated heterocycles. The van der Waals surface area contributed by atoms with Crippen molar-refractivity contribution in [3.8, 4) is 17.4 Å². The molecule has 0 bridgehead atoms. The summed E-state index contributed by atoms with van der Waals surface area (Å²) < 4.78 is 21.8. The van der Waals surface area contributed by atoms with Crippen LogP contribution in [0.15, 0.2) is 42.6 Å². The average Bonchev–Trinajstić information content (AvgIpc) is 2.66. The lowest BCUT2D eigenvalue weighted by Crippen LogP contribution is -2.40. The van der Waals surface area contributed by atoms with Crippen LogP contribution in [0.3, 0.4) is 0 Å². The normalized spacial score (nSPS) is 15.5. The monoisotopic (exact) mass is 344 g/mol. The maximum atomic E-state index is 12.3. The minimum absolute atomic E-state index is 0.221. The van der Waals surface area contributed by atoms with Crippen molar-refractivity contribution >= 4 is 5.91 Å². The van der Waals surface area contributed by atoms with Crippen LogP contribution in [0.4, 0.5) is 0 Å². The number of hydrogen-bond acceptors (Lipinski definition) is 6. The molecule has 25 heavy (non-hydrogen) atoms. The third-order valence-electron chi connectivity index (χ3n) is 3.59. The van der Waals surface area contributed by atoms with E-state index < -0.39 is 0 Å². The number of nitrogens with zero attached hydrogens (tertiary/aromatic N) is 1. The molecule has 0 fully saturated rings. The first-order valence-electron chi connectivity index (χ1n) is 8.01. The highest BCUT2D eigenvalue weighted by Crippen LogP contribution is 2.30. The Morgan fingerprint density at radius 1 is 1.28 bits per heavy atom. The first kappa shape index (κ1) is 17.0. The number of carbonyl (C=O) groups is 1. The summed E-state index contributed by atoms with van der Waals surface area (Å²) in [5.41, 5.74) is 0.472. The second-order valence-electron chi connectivity index (χ2n) is 5.43. The lowest BCUT2D eigenvalue weighted by atomic mass is 10.2. The number of benzene rings is 1. The Kier molecular flexibility index (Phi) is 5.69. The van der Waals surface area contributed by atoms with Gasteiger partial charge in [-0.3, -0.25) is 4.79 Å². The number of amides is 1. The van der Waals surface area contributed by atoms with Crippen molar-refractivity contribution in [2.75, 3.05) is 33.5 Å². The number of para-hydroxylation sites is 2. The number of aromatic nitrogens is 1. The Labute approximate surface area is 145 Å². The summed E-state index contributed by atoms with van der Waals surface area (Å²) in [6.07, 6.45) is 1.30. The Morgan fingerprint density at radius 2 is 2.12 bits per heavy atom. The highest BCUT2D eigenvalue weighted by atomic mass is 16.6. The fraction of sp³-hybridized carbons (Fsp3) is 0.333. The third-order valence-corrected chi connectivity index (χ3v) is 3.59. The van der Waals surface area contributed by atoms with E-state index >= 15 is 0 Å². The van der Waals surface area contributed by atoms with Gasteiger partial charge in [0.05, 0.1) is 13.2 Å². The van der Waals surface area contributed by atoms with E-state index in [0.29, 0.717) is 43.6 Å². The van der Waals surface area contributed by atoms with Gasteiger partial charge in [-0.25, -0.2) is 4.98 Å². The Morgan fingerprint density at radius 3 is 2.96 bits per heavy atom. The molecule has 2 aromatic rings. The molecule has 0 saturated carbocycles. The lowest BCUT2D eigenvalue weighted by Gasteiger charge is -2.26. The highest BCUT2D eigenvalue weighted by molar-refractivity contribution is 5.94. The molecule has 1 N–H and O–H groups in total. The minimum atomic E-state index is -0.238. The van der Waals surface area contributed by atoms with Gasteiger partial charge < -0.3 is 24.3 Å². The summed E-state index contributed by atoms with van der Waals surface area (Å²) in [6.45, 7) is 1.56. The summed E-state index contributed by atoms with van der Waals surface area (Å²) >= 11 is 0. The van der Waals surface area contributed by atoms with Crippen molar-refractivity contribution < 1.29 is 23.7 Å². The number of hydrogen-bond donors (Lipinski definition) is 1. The number of pyridine rings is 1. The lowest BCUT2D eigenvalue weighted by molar-refractivity contribution is 0.0789. The van der Waals surface area contributed by atoms with Gasteiger partial charge in [0.2, 0.25) is 5.88 Å². The summed E-state index contributed by atoms with van der Waals surface area (Å²) in [6, 6.07) is 10.7. The Bertz CT molecular complexity index is 722. The van der Waals surface area contributed by atoms with Crippen molar-refractivity contribution in [1.82, 2.24) is 10.3 Å². The largest absolute Gasteiger partial charge is 0.486 e. The second-order valence-corrected chi connectivity index (χ2v) is 5.43. The molecule has 1 aliphatic heterocycles. The molecular weight excluding hydrogens is 324 g/mol. The van der Waals surface area contributed by atoms with E-state index in [0.717, 1.165) is 5.75 Å². The van der Waals surface area contributed by atoms with Crippen molar-refractivity contribution in [3.05, 3.63) is 48.2 Å². The molecule has 0 radical (unpaired) electrons. The van der Waals surface area contributed by atoms with Crippen LogP contribution in [0.2, 0.25) is 0 Å². The molecule has 1 aliphatic rings. The van der Waals surface area contributed by atoms with E-state index in [1.54, 1.807) is 19.2 Å². The number of fused-ring (bicyclic) bond motifs is 1. The maximum absolute atomic E-state index is 12.3. The van der Waals surface area contributed by atoms with Gasteiger partial charge in [-0.05, 0) is 18.2 Å². The van der Waals surface area contributed by atoms with E-state index in [9.17, 15) is 4.79 Å². The smallest absolute Gasteiger partial charge is 0.251 e. The Balaban J connectivity index is 1.52. The average molecular weight is 344 g/mol. The van der Waals surface area contributed by atoms with Crippen LogP contribution in [-0.4, -0.2) is 50.5 Å². The number of nitrogens with one attached hydrogen (secondary N) is 1. The molecule has 132 valence electrons. The topological polar surface area (TPSA) is 78.9 Å². The molecule has 0 aliphatic carbocycles. The summed E-state index contributed by atoms with van der Waals surface area (Å²) in [4.78, 5) is 16.4. The van der Waals surface area contributed by atoms with Crippen molar-refractivity contribution in [3.63, 3.8) is 0 Å². The summed E-state index contributed by atoms with van der Waals surface area (Å²) in [5.74, 6) is 1.57. The van der Waals surface area contributed by atoms with Gasteiger partial charge in [-0.15, -0.1) is 0 Å². The highest BCUT2D eigenvalue weighted by Gasteiger charge is 2.21. The van der Waals surface area contributed by atoms with Gasteiger partial charge in [-0.2, -0.15) is 0 Å². The van der Waals surface area contributed by atoms with Gasteiger partial charge in [0.15, 0.2) is 11.5 Å². The summed E-state index contributed by atoms with van der Waals surface area (Å²) in [5, 5.41) is 2.84. The molecule has 3 rings (SSSR count). The van der Waals surface area contributed by atoms with E-state index in [1.165, 1.54) is 6.20 Å². The molecule has 0 spiro atoms. The summed E-state index contributed by atoms with van der Waals surface area (Å²) in [7, 11) is 1.59. The predicted octanol–water partition coefficient (Wildman–Crippen LogP) is 1.68. The van der Waals surface area contributed by atoms with Crippen LogP contribution in [0, 0.1) is 0 Å². The second kappa shape index (κ2) is 8.34. The molecule has 2 heterocycles. The fourth-order valence-electron chi connectivity index (χ4n) is 2.33. The van der Waals surface area contributed by atoms with Crippen LogP contribution < -0.4 is 19.5 Å². The number of rotatable bonds is 7. The van der Waals surface area contributed by atoms with E-state index in [4.69, 9.17) is 18.9 Å². The molecule has 1 aromatic carbocycles. The van der Waals surface area contributed by atoms with Crippen LogP contribution in [-0.2, 0) is 4.74 Å². The zero-order valence-corrected chi connectivity index (χ0v) is 13.9. The molecule has 0 unspecified atom stereocenters. The van der Waals surface area contributed by atoms with Crippen LogP contribution in [0.5, 0.6) is 17.4 Å². The molecule has 1 atom stereocenters. The fourth-order valence-corrected chi connectivity index (χ4v) is 2.33. The quantitative estimate of drug-likeness (QED) is 0.770. The van der Waals surface area contributed by atoms with Gasteiger partial charge in [0.25, 0.3) is 5.91 Å². The van der Waals surface area contributed by atoms with Gasteiger partial charge in [0, 0.05) is 24.9 Å². The van der Waals surface area contributed by atoms with Crippen LogP contribution in [0.1, 0.15) is 10.4 Å². The third kappa shape index (κ3) is 4.60. The molecule has 1 aromatic heterocycles. The van der Waals surface area contributed by atoms with E-state index in [-0.39, 0.29) is 12.0 Å². The first-order chi connectivity index (χ1) is 12.3. The van der Waals surface area contributed by atoms with E-state index in [2.05, 4.69) is 10.3 Å². The SMILES string of the molecule is COCCOc1cc(C(=O)NC[C@H]2COc3ccccc3O2)ccn1. The Hall–Kier alpha value is -2.80. The molecule has 7 heteroatoms. The van der Waals surface area contributed by atoms with Crippen molar-refractivity contribution in [1.29, 1.82) is 0 Å². The molecule has 1 amide bonds. The van der Waals surface area contributed by atoms with E-state index in [1.807, 2.05) is 24.3 Å². The van der Waals surface area contributed by atoms with Crippen LogP contribution >= 0.6 is 0 Å². The molecular formula is C18H20N2O5. The predicted molar refractivity (Wildman–Crippen MR) is 90.3 cm³/mol. The zero-order chi connectivity index (χ0) is 17.5. The first-order valence-corrected chi connectivity index (χ1v) is 8.01.